The first-order valence-corrected chi connectivity index (χ1v) is 8.12. The van der Waals surface area contributed by atoms with Gasteiger partial charge in [0.1, 0.15) is 18.3 Å². The average molecular weight is 354 g/mol. The normalized spacial score (nSPS) is 31.8. The van der Waals surface area contributed by atoms with Crippen LogP contribution in [0.2, 0.25) is 0 Å². The Labute approximate surface area is 130 Å². The number of epoxide rings is 1. The molecular weight excluding hydrogens is 341 g/mol. The van der Waals surface area contributed by atoms with Crippen LogP contribution in [0.4, 0.5) is 13.2 Å². The Bertz CT molecular complexity index is 643. The molecule has 2 aliphatic heterocycles. The first-order chi connectivity index (χ1) is 10.8. The van der Waals surface area contributed by atoms with Gasteiger partial charge in [-0.05, 0) is 0 Å². The zero-order valence-corrected chi connectivity index (χ0v) is 12.4. The van der Waals surface area contributed by atoms with Crippen LogP contribution in [0.1, 0.15) is 11.9 Å². The maximum atomic E-state index is 12.4. The van der Waals surface area contributed by atoms with Gasteiger partial charge in [0.05, 0.1) is 13.2 Å². The maximum absolute atomic E-state index is 12.4. The van der Waals surface area contributed by atoms with Crippen molar-refractivity contribution in [1.29, 1.82) is 0 Å². The number of hydrogen-bond donors (Lipinski definition) is 0. The molecule has 2 aliphatic rings. The second-order valence-electron chi connectivity index (χ2n) is 5.08. The Morgan fingerprint density at radius 2 is 1.74 bits per heavy atom. The summed E-state index contributed by atoms with van der Waals surface area (Å²) in [7, 11) is -5.73. The zero-order chi connectivity index (χ0) is 16.7. The van der Waals surface area contributed by atoms with Gasteiger partial charge in [0.2, 0.25) is 0 Å². The summed E-state index contributed by atoms with van der Waals surface area (Å²) >= 11 is 0. The van der Waals surface area contributed by atoms with Crippen LogP contribution in [-0.2, 0) is 28.5 Å². The number of rotatable bonds is 4. The van der Waals surface area contributed by atoms with Crippen molar-refractivity contribution in [2.24, 2.45) is 0 Å². The summed E-state index contributed by atoms with van der Waals surface area (Å²) < 4.78 is 79.8. The minimum Gasteiger partial charge on any atom is -0.370 e. The second kappa shape index (κ2) is 6.02. The molecule has 0 aliphatic carbocycles. The number of ether oxygens (including phenoxy) is 3. The molecule has 1 aromatic rings. The highest BCUT2D eigenvalue weighted by molar-refractivity contribution is 7.87. The van der Waals surface area contributed by atoms with Crippen molar-refractivity contribution in [3.05, 3.63) is 35.9 Å². The lowest BCUT2D eigenvalue weighted by molar-refractivity contribution is -0.255. The molecule has 0 amide bonds. The Balaban J connectivity index is 1.74. The van der Waals surface area contributed by atoms with Gasteiger partial charge in [-0.3, -0.25) is 4.18 Å². The largest absolute Gasteiger partial charge is 0.523 e. The molecule has 0 bridgehead atoms. The Kier molecular flexibility index (Phi) is 4.36. The number of alkyl halides is 3. The van der Waals surface area contributed by atoms with Gasteiger partial charge in [-0.1, -0.05) is 30.3 Å². The summed E-state index contributed by atoms with van der Waals surface area (Å²) in [4.78, 5) is 0. The molecule has 0 N–H and O–H groups in total. The van der Waals surface area contributed by atoms with Crippen molar-refractivity contribution < 1.29 is 40.0 Å². The highest BCUT2D eigenvalue weighted by Gasteiger charge is 2.53. The molecule has 4 atom stereocenters. The lowest BCUT2D eigenvalue weighted by Crippen LogP contribution is -2.47. The molecule has 2 saturated heterocycles. The molecule has 0 unspecified atom stereocenters. The Hall–Kier alpha value is -1.20. The van der Waals surface area contributed by atoms with E-state index in [-0.39, 0.29) is 13.2 Å². The van der Waals surface area contributed by atoms with E-state index in [4.69, 9.17) is 14.2 Å². The van der Waals surface area contributed by atoms with E-state index in [0.717, 1.165) is 0 Å². The van der Waals surface area contributed by atoms with Crippen molar-refractivity contribution in [1.82, 2.24) is 0 Å². The topological polar surface area (TPSA) is 74.4 Å². The van der Waals surface area contributed by atoms with E-state index in [0.29, 0.717) is 5.56 Å². The van der Waals surface area contributed by atoms with Crippen LogP contribution in [0.3, 0.4) is 0 Å². The van der Waals surface area contributed by atoms with E-state index in [1.807, 2.05) is 0 Å². The molecule has 23 heavy (non-hydrogen) atoms. The lowest BCUT2D eigenvalue weighted by atomic mass is 10.1. The van der Waals surface area contributed by atoms with Crippen LogP contribution in [0, 0.1) is 0 Å². The van der Waals surface area contributed by atoms with Crippen LogP contribution in [0.5, 0.6) is 0 Å². The van der Waals surface area contributed by atoms with Crippen LogP contribution in [0.15, 0.2) is 30.3 Å². The average Bonchev–Trinajstić information content (AvgIpc) is 3.32. The minimum atomic E-state index is -5.73. The molecule has 0 aromatic heterocycles. The Morgan fingerprint density at radius 1 is 1.09 bits per heavy atom. The number of benzene rings is 1. The molecule has 6 nitrogen and oxygen atoms in total. The van der Waals surface area contributed by atoms with E-state index >= 15 is 0 Å². The third-order valence-corrected chi connectivity index (χ3v) is 4.46. The van der Waals surface area contributed by atoms with Gasteiger partial charge in [-0.25, -0.2) is 0 Å². The van der Waals surface area contributed by atoms with Crippen LogP contribution in [-0.4, -0.2) is 45.5 Å². The maximum Gasteiger partial charge on any atom is 0.523 e. The van der Waals surface area contributed by atoms with Gasteiger partial charge in [0, 0.05) is 5.56 Å². The fourth-order valence-electron chi connectivity index (χ4n) is 2.20. The van der Waals surface area contributed by atoms with Gasteiger partial charge < -0.3 is 14.2 Å². The van der Waals surface area contributed by atoms with Crippen LogP contribution >= 0.6 is 0 Å². The van der Waals surface area contributed by atoms with Gasteiger partial charge >= 0.3 is 15.6 Å². The standard InChI is InChI=1S/C13H13F3O6S/c14-13(15,16)23(17,18)22-10-7-20-12(8-4-2-1-3-5-8)21-11(10)9-6-19-9/h1-5,9-12H,6-7H2/t9-,10+,11+,12-/m0/s1. The summed E-state index contributed by atoms with van der Waals surface area (Å²) in [6, 6.07) is 8.74. The van der Waals surface area contributed by atoms with Crippen molar-refractivity contribution >= 4 is 10.1 Å². The predicted molar refractivity (Wildman–Crippen MR) is 69.6 cm³/mol. The third kappa shape index (κ3) is 3.66. The first-order valence-electron chi connectivity index (χ1n) is 6.71. The van der Waals surface area contributed by atoms with E-state index in [1.54, 1.807) is 30.3 Å². The van der Waals surface area contributed by atoms with Crippen molar-refractivity contribution in [3.63, 3.8) is 0 Å². The van der Waals surface area contributed by atoms with E-state index < -0.39 is 40.2 Å². The fourth-order valence-corrected chi connectivity index (χ4v) is 2.80. The molecule has 10 heteroatoms. The molecule has 0 radical (unpaired) electrons. The first kappa shape index (κ1) is 16.7. The van der Waals surface area contributed by atoms with Crippen molar-refractivity contribution in [2.75, 3.05) is 13.2 Å². The highest BCUT2D eigenvalue weighted by atomic mass is 32.2. The quantitative estimate of drug-likeness (QED) is 0.466. The fraction of sp³-hybridized carbons (Fsp3) is 0.538. The van der Waals surface area contributed by atoms with Crippen LogP contribution < -0.4 is 0 Å². The predicted octanol–water partition coefficient (Wildman–Crippen LogP) is 1.73. The van der Waals surface area contributed by atoms with E-state index in [2.05, 4.69) is 4.18 Å². The highest BCUT2D eigenvalue weighted by Crippen LogP contribution is 2.35. The molecule has 3 rings (SSSR count). The summed E-state index contributed by atoms with van der Waals surface area (Å²) in [5.41, 5.74) is -4.84. The van der Waals surface area contributed by atoms with Crippen molar-refractivity contribution in [2.45, 2.75) is 30.1 Å². The molecule has 0 spiro atoms. The minimum absolute atomic E-state index is 0.262. The summed E-state index contributed by atoms with van der Waals surface area (Å²) in [5, 5.41) is 0. The lowest BCUT2D eigenvalue weighted by Gasteiger charge is -2.35. The third-order valence-electron chi connectivity index (χ3n) is 3.39. The SMILES string of the molecule is O=S(=O)(O[C@@H]1CO[C@H](c2ccccc2)O[C@@H]1[C@@H]1CO1)C(F)(F)F. The van der Waals surface area contributed by atoms with Crippen LogP contribution in [0.25, 0.3) is 0 Å². The summed E-state index contributed by atoms with van der Waals surface area (Å²) in [6.07, 6.45) is -3.72. The van der Waals surface area contributed by atoms with Gasteiger partial charge in [0.15, 0.2) is 6.29 Å². The number of hydrogen-bond acceptors (Lipinski definition) is 6. The number of halogens is 3. The van der Waals surface area contributed by atoms with Crippen molar-refractivity contribution in [3.8, 4) is 0 Å². The zero-order valence-electron chi connectivity index (χ0n) is 11.6. The molecule has 1 aromatic carbocycles. The smallest absolute Gasteiger partial charge is 0.370 e. The molecule has 0 saturated carbocycles. The monoisotopic (exact) mass is 354 g/mol. The summed E-state index contributed by atoms with van der Waals surface area (Å²) in [5.74, 6) is 0. The van der Waals surface area contributed by atoms with E-state index in [9.17, 15) is 21.6 Å². The molecule has 2 fully saturated rings. The van der Waals surface area contributed by atoms with Gasteiger partial charge in [0.25, 0.3) is 0 Å². The summed E-state index contributed by atoms with van der Waals surface area (Å²) in [6.45, 7) is -0.0997. The van der Waals surface area contributed by atoms with E-state index in [1.165, 1.54) is 0 Å². The molecular formula is C13H13F3O6S. The second-order valence-corrected chi connectivity index (χ2v) is 6.65. The molecule has 128 valence electrons. The van der Waals surface area contributed by atoms with Gasteiger partial charge in [-0.2, -0.15) is 21.6 Å². The molecule has 2 heterocycles. The van der Waals surface area contributed by atoms with Gasteiger partial charge in [-0.15, -0.1) is 0 Å². The Morgan fingerprint density at radius 3 is 2.30 bits per heavy atom.